The van der Waals surface area contributed by atoms with Crippen LogP contribution < -0.4 is 10.1 Å². The van der Waals surface area contributed by atoms with Gasteiger partial charge in [0.1, 0.15) is 17.9 Å². The Hall–Kier alpha value is -1.55. The zero-order valence-corrected chi connectivity index (χ0v) is 13.7. The summed E-state index contributed by atoms with van der Waals surface area (Å²) in [5.41, 5.74) is 0.406. The van der Waals surface area contributed by atoms with Gasteiger partial charge in [0.2, 0.25) is 0 Å². The number of carbonyl (C=O) groups is 1. The van der Waals surface area contributed by atoms with Crippen LogP contribution in [-0.4, -0.2) is 30.8 Å². The molecule has 0 radical (unpaired) electrons. The smallest absolute Gasteiger partial charge is 0.329 e. The lowest BCUT2D eigenvalue weighted by molar-refractivity contribution is -0.152. The minimum atomic E-state index is -0.854. The minimum Gasteiger partial charge on any atom is -0.491 e. The second kappa shape index (κ2) is 8.03. The second-order valence-electron chi connectivity index (χ2n) is 5.64. The van der Waals surface area contributed by atoms with Crippen molar-refractivity contribution in [1.82, 2.24) is 5.32 Å². The van der Waals surface area contributed by atoms with Gasteiger partial charge in [-0.3, -0.25) is 5.32 Å². The number of nitrogens with one attached hydrogen (secondary N) is 1. The van der Waals surface area contributed by atoms with E-state index in [1.54, 1.807) is 6.92 Å². The zero-order valence-electron chi connectivity index (χ0n) is 13.7. The van der Waals surface area contributed by atoms with Crippen LogP contribution >= 0.6 is 0 Å². The third-order valence-electron chi connectivity index (χ3n) is 3.19. The van der Waals surface area contributed by atoms with E-state index >= 15 is 0 Å². The Balaban J connectivity index is 2.73. The molecule has 4 nitrogen and oxygen atoms in total. The maximum absolute atomic E-state index is 12.2. The summed E-state index contributed by atoms with van der Waals surface area (Å²) in [6.45, 7) is 10.3. The number of benzene rings is 1. The van der Waals surface area contributed by atoms with E-state index in [9.17, 15) is 4.79 Å². The van der Waals surface area contributed by atoms with Gasteiger partial charge in [0.15, 0.2) is 0 Å². The number of rotatable bonds is 8. The fourth-order valence-corrected chi connectivity index (χ4v) is 2.14. The fourth-order valence-electron chi connectivity index (χ4n) is 2.14. The van der Waals surface area contributed by atoms with Crippen LogP contribution in [0.2, 0.25) is 0 Å². The van der Waals surface area contributed by atoms with Crippen LogP contribution in [0, 0.1) is 0 Å². The monoisotopic (exact) mass is 293 g/mol. The number of ether oxygens (including phenoxy) is 2. The van der Waals surface area contributed by atoms with Gasteiger partial charge in [-0.15, -0.1) is 0 Å². The molecule has 4 heteroatoms. The van der Waals surface area contributed by atoms with Gasteiger partial charge in [0, 0.05) is 6.04 Å². The molecule has 0 fully saturated rings. The Kier molecular flexibility index (Phi) is 6.69. The Morgan fingerprint density at radius 3 is 2.33 bits per heavy atom. The van der Waals surface area contributed by atoms with Gasteiger partial charge in [-0.05, 0) is 51.8 Å². The average molecular weight is 293 g/mol. The zero-order chi connectivity index (χ0) is 15.9. The fraction of sp³-hybridized carbons (Fsp3) is 0.588. The van der Waals surface area contributed by atoms with Gasteiger partial charge in [0.25, 0.3) is 0 Å². The molecule has 0 amide bonds. The topological polar surface area (TPSA) is 47.6 Å². The lowest BCUT2D eigenvalue weighted by Gasteiger charge is -2.30. The molecule has 0 heterocycles. The third-order valence-corrected chi connectivity index (χ3v) is 3.19. The van der Waals surface area contributed by atoms with Crippen molar-refractivity contribution in [1.29, 1.82) is 0 Å². The van der Waals surface area contributed by atoms with Crippen molar-refractivity contribution in [3.8, 4) is 5.75 Å². The summed E-state index contributed by atoms with van der Waals surface area (Å²) >= 11 is 0. The number of carbonyl (C=O) groups excluding carboxylic acids is 1. The Labute approximate surface area is 127 Å². The normalized spacial score (nSPS) is 13.8. The Bertz CT molecular complexity index is 442. The van der Waals surface area contributed by atoms with Crippen LogP contribution in [0.25, 0.3) is 0 Å². The maximum Gasteiger partial charge on any atom is 0.329 e. The molecule has 0 bridgehead atoms. The summed E-state index contributed by atoms with van der Waals surface area (Å²) in [5.74, 6) is 0.470. The first-order valence-corrected chi connectivity index (χ1v) is 7.58. The standard InChI is InChI=1S/C17H27NO3/c1-6-14-8-10-15(11-9-14)21-12-17(5,18-13(3)4)16(19)20-7-2/h8-11,13,18H,6-7,12H2,1-5H3. The van der Waals surface area contributed by atoms with Crippen molar-refractivity contribution in [2.24, 2.45) is 0 Å². The molecular formula is C17H27NO3. The molecule has 0 aromatic heterocycles. The van der Waals surface area contributed by atoms with Crippen molar-refractivity contribution in [2.45, 2.75) is 52.6 Å². The van der Waals surface area contributed by atoms with Gasteiger partial charge in [0.05, 0.1) is 6.61 Å². The molecule has 118 valence electrons. The van der Waals surface area contributed by atoms with E-state index in [-0.39, 0.29) is 18.6 Å². The lowest BCUT2D eigenvalue weighted by Crippen LogP contribution is -2.57. The summed E-state index contributed by atoms with van der Waals surface area (Å²) in [6.07, 6.45) is 0.996. The van der Waals surface area contributed by atoms with Crippen molar-refractivity contribution >= 4 is 5.97 Å². The molecule has 1 aromatic rings. The molecule has 0 spiro atoms. The summed E-state index contributed by atoms with van der Waals surface area (Å²) in [7, 11) is 0. The average Bonchev–Trinajstić information content (AvgIpc) is 2.45. The highest BCUT2D eigenvalue weighted by Crippen LogP contribution is 2.16. The predicted octanol–water partition coefficient (Wildman–Crippen LogP) is 2.95. The summed E-state index contributed by atoms with van der Waals surface area (Å²) < 4.78 is 10.9. The number of hydrogen-bond acceptors (Lipinski definition) is 4. The Morgan fingerprint density at radius 1 is 1.24 bits per heavy atom. The molecule has 1 atom stereocenters. The first-order valence-electron chi connectivity index (χ1n) is 7.58. The highest BCUT2D eigenvalue weighted by atomic mass is 16.5. The molecule has 1 aromatic carbocycles. The molecule has 1 rings (SSSR count). The van der Waals surface area contributed by atoms with E-state index in [0.717, 1.165) is 12.2 Å². The van der Waals surface area contributed by atoms with Crippen molar-refractivity contribution in [2.75, 3.05) is 13.2 Å². The van der Waals surface area contributed by atoms with Crippen LogP contribution in [0.3, 0.4) is 0 Å². The first-order chi connectivity index (χ1) is 9.91. The van der Waals surface area contributed by atoms with Gasteiger partial charge >= 0.3 is 5.97 Å². The second-order valence-corrected chi connectivity index (χ2v) is 5.64. The number of hydrogen-bond donors (Lipinski definition) is 1. The predicted molar refractivity (Wildman–Crippen MR) is 84.6 cm³/mol. The summed E-state index contributed by atoms with van der Waals surface area (Å²) in [4.78, 5) is 12.2. The molecule has 0 aliphatic carbocycles. The van der Waals surface area contributed by atoms with E-state index < -0.39 is 5.54 Å². The highest BCUT2D eigenvalue weighted by Gasteiger charge is 2.36. The van der Waals surface area contributed by atoms with E-state index in [4.69, 9.17) is 9.47 Å². The number of aryl methyl sites for hydroxylation is 1. The molecule has 0 saturated heterocycles. The van der Waals surface area contributed by atoms with Gasteiger partial charge < -0.3 is 9.47 Å². The SMILES string of the molecule is CCOC(=O)C(C)(COc1ccc(CC)cc1)NC(C)C. The molecule has 1 unspecified atom stereocenters. The minimum absolute atomic E-state index is 0.158. The van der Waals surface area contributed by atoms with Crippen LogP contribution in [0.1, 0.15) is 40.2 Å². The van der Waals surface area contributed by atoms with Crippen LogP contribution in [0.4, 0.5) is 0 Å². The maximum atomic E-state index is 12.2. The van der Waals surface area contributed by atoms with Gasteiger partial charge in [-0.2, -0.15) is 0 Å². The molecule has 0 saturated carbocycles. The first kappa shape index (κ1) is 17.5. The van der Waals surface area contributed by atoms with Gasteiger partial charge in [-0.1, -0.05) is 19.1 Å². The van der Waals surface area contributed by atoms with Crippen LogP contribution in [-0.2, 0) is 16.0 Å². The Morgan fingerprint density at radius 2 is 1.86 bits per heavy atom. The lowest BCUT2D eigenvalue weighted by atomic mass is 10.0. The van der Waals surface area contributed by atoms with E-state index in [1.807, 2.05) is 45.0 Å². The molecule has 0 aliphatic rings. The molecular weight excluding hydrogens is 266 g/mol. The van der Waals surface area contributed by atoms with E-state index in [1.165, 1.54) is 5.56 Å². The highest BCUT2D eigenvalue weighted by molar-refractivity contribution is 5.80. The van der Waals surface area contributed by atoms with E-state index in [2.05, 4.69) is 12.2 Å². The number of esters is 1. The molecule has 1 N–H and O–H groups in total. The largest absolute Gasteiger partial charge is 0.491 e. The molecule has 0 aliphatic heterocycles. The van der Waals surface area contributed by atoms with Crippen LogP contribution in [0.5, 0.6) is 5.75 Å². The van der Waals surface area contributed by atoms with Crippen LogP contribution in [0.15, 0.2) is 24.3 Å². The van der Waals surface area contributed by atoms with Crippen molar-refractivity contribution < 1.29 is 14.3 Å². The summed E-state index contributed by atoms with van der Waals surface area (Å²) in [6, 6.07) is 8.09. The third kappa shape index (κ3) is 5.38. The van der Waals surface area contributed by atoms with Crippen molar-refractivity contribution in [3.05, 3.63) is 29.8 Å². The van der Waals surface area contributed by atoms with E-state index in [0.29, 0.717) is 6.61 Å². The molecule has 21 heavy (non-hydrogen) atoms. The van der Waals surface area contributed by atoms with Gasteiger partial charge in [-0.25, -0.2) is 4.79 Å². The van der Waals surface area contributed by atoms with Crippen molar-refractivity contribution in [3.63, 3.8) is 0 Å². The quantitative estimate of drug-likeness (QED) is 0.749. The summed E-state index contributed by atoms with van der Waals surface area (Å²) in [5, 5.41) is 3.23.